The van der Waals surface area contributed by atoms with Crippen LogP contribution in [0, 0.1) is 13.8 Å². The monoisotopic (exact) mass is 324 g/mol. The number of rotatable bonds is 3. The number of alkyl halides is 3. The third-order valence-electron chi connectivity index (χ3n) is 3.33. The van der Waals surface area contributed by atoms with Gasteiger partial charge in [0.05, 0.1) is 5.56 Å². The smallest absolute Gasteiger partial charge is 0.340 e. The maximum Gasteiger partial charge on any atom is 0.416 e. The van der Waals surface area contributed by atoms with Crippen molar-refractivity contribution in [2.75, 3.05) is 5.32 Å². The molecule has 0 fully saturated rings. The van der Waals surface area contributed by atoms with Crippen LogP contribution < -0.4 is 10.7 Å². The minimum atomic E-state index is -4.47. The molecule has 0 aliphatic carbocycles. The first-order chi connectivity index (χ1) is 10.7. The van der Waals surface area contributed by atoms with Gasteiger partial charge in [0.2, 0.25) is 5.91 Å². The lowest BCUT2D eigenvalue weighted by atomic mass is 10.2. The van der Waals surface area contributed by atoms with Crippen LogP contribution in [0.3, 0.4) is 0 Å². The van der Waals surface area contributed by atoms with Crippen LogP contribution in [0.2, 0.25) is 0 Å². The van der Waals surface area contributed by atoms with E-state index in [9.17, 15) is 22.8 Å². The van der Waals surface area contributed by atoms with Crippen LogP contribution in [0.5, 0.6) is 0 Å². The summed E-state index contributed by atoms with van der Waals surface area (Å²) in [5, 5.41) is 2.43. The minimum absolute atomic E-state index is 0.0705. The fourth-order valence-electron chi connectivity index (χ4n) is 2.25. The Morgan fingerprint density at radius 3 is 2.30 bits per heavy atom. The number of nitrogens with zero attached hydrogens (tertiary/aromatic N) is 1. The molecule has 0 saturated heterocycles. The molecule has 122 valence electrons. The van der Waals surface area contributed by atoms with Crippen molar-refractivity contribution >= 4 is 11.6 Å². The Morgan fingerprint density at radius 1 is 1.13 bits per heavy atom. The highest BCUT2D eigenvalue weighted by atomic mass is 19.4. The summed E-state index contributed by atoms with van der Waals surface area (Å²) < 4.78 is 39.6. The number of hydrogen-bond acceptors (Lipinski definition) is 2. The summed E-state index contributed by atoms with van der Waals surface area (Å²) in [5.74, 6) is -0.473. The van der Waals surface area contributed by atoms with Crippen LogP contribution in [-0.2, 0) is 17.5 Å². The summed E-state index contributed by atoms with van der Waals surface area (Å²) >= 11 is 0. The van der Waals surface area contributed by atoms with Crippen LogP contribution >= 0.6 is 0 Å². The van der Waals surface area contributed by atoms with Gasteiger partial charge in [-0.3, -0.25) is 9.59 Å². The van der Waals surface area contributed by atoms with Crippen molar-refractivity contribution < 1.29 is 18.0 Å². The Bertz CT molecular complexity index is 768. The predicted molar refractivity (Wildman–Crippen MR) is 80.2 cm³/mol. The Labute approximate surface area is 130 Å². The second kappa shape index (κ2) is 6.28. The van der Waals surface area contributed by atoms with Crippen molar-refractivity contribution in [2.45, 2.75) is 26.6 Å². The molecule has 1 aromatic heterocycles. The van der Waals surface area contributed by atoms with Crippen molar-refractivity contribution in [3.05, 3.63) is 63.6 Å². The van der Waals surface area contributed by atoms with Gasteiger partial charge in [0, 0.05) is 29.2 Å². The SMILES string of the molecule is Cc1cc(=O)cc(C)n1CC(=O)Nc1cccc(C(F)(F)F)c1. The summed E-state index contributed by atoms with van der Waals surface area (Å²) in [6.07, 6.45) is -4.47. The number of hydrogen-bond donors (Lipinski definition) is 1. The Hall–Kier alpha value is -2.57. The zero-order valence-corrected chi connectivity index (χ0v) is 12.6. The van der Waals surface area contributed by atoms with E-state index in [0.29, 0.717) is 11.4 Å². The minimum Gasteiger partial charge on any atom is -0.340 e. The van der Waals surface area contributed by atoms with Gasteiger partial charge in [0.15, 0.2) is 5.43 Å². The lowest BCUT2D eigenvalue weighted by Gasteiger charge is -2.14. The molecule has 0 unspecified atom stereocenters. The number of anilines is 1. The molecular weight excluding hydrogens is 309 g/mol. The van der Waals surface area contributed by atoms with Crippen LogP contribution in [0.1, 0.15) is 17.0 Å². The summed E-state index contributed by atoms with van der Waals surface area (Å²) in [5.41, 5.74) is 0.296. The Morgan fingerprint density at radius 2 is 1.74 bits per heavy atom. The standard InChI is InChI=1S/C16H15F3N2O2/c1-10-6-14(22)7-11(2)21(10)9-15(23)20-13-5-3-4-12(8-13)16(17,18)19/h3-8H,9H2,1-2H3,(H,20,23). The molecule has 1 heterocycles. The molecule has 2 rings (SSSR count). The number of amides is 1. The molecule has 0 radical (unpaired) electrons. The first-order valence-corrected chi connectivity index (χ1v) is 6.82. The highest BCUT2D eigenvalue weighted by molar-refractivity contribution is 5.90. The van der Waals surface area contributed by atoms with Crippen LogP contribution in [0.25, 0.3) is 0 Å². The van der Waals surface area contributed by atoms with E-state index in [1.807, 2.05) is 0 Å². The average molecular weight is 324 g/mol. The fraction of sp³-hybridized carbons (Fsp3) is 0.250. The third-order valence-corrected chi connectivity index (χ3v) is 3.33. The average Bonchev–Trinajstić information content (AvgIpc) is 2.42. The molecule has 0 spiro atoms. The molecule has 23 heavy (non-hydrogen) atoms. The number of nitrogens with one attached hydrogen (secondary N) is 1. The molecule has 4 nitrogen and oxygen atoms in total. The number of halogens is 3. The van der Waals surface area contributed by atoms with E-state index in [1.54, 1.807) is 18.4 Å². The Balaban J connectivity index is 2.16. The van der Waals surface area contributed by atoms with Crippen molar-refractivity contribution in [3.8, 4) is 0 Å². The summed E-state index contributed by atoms with van der Waals surface area (Å²) in [4.78, 5) is 23.4. The molecular formula is C16H15F3N2O2. The van der Waals surface area contributed by atoms with Gasteiger partial charge >= 0.3 is 6.18 Å². The van der Waals surface area contributed by atoms with Crippen molar-refractivity contribution in [2.24, 2.45) is 0 Å². The summed E-state index contributed by atoms with van der Waals surface area (Å²) in [6, 6.07) is 7.22. The van der Waals surface area contributed by atoms with Crippen molar-refractivity contribution in [1.29, 1.82) is 0 Å². The second-order valence-electron chi connectivity index (χ2n) is 5.19. The number of carbonyl (C=O) groups is 1. The van der Waals surface area contributed by atoms with E-state index in [2.05, 4.69) is 5.32 Å². The van der Waals surface area contributed by atoms with Gasteiger partial charge < -0.3 is 9.88 Å². The normalized spacial score (nSPS) is 11.3. The largest absolute Gasteiger partial charge is 0.416 e. The number of carbonyl (C=O) groups excluding carboxylic acids is 1. The third kappa shape index (κ3) is 4.21. The zero-order valence-electron chi connectivity index (χ0n) is 12.6. The maximum absolute atomic E-state index is 12.6. The predicted octanol–water partition coefficient (Wildman–Crippen LogP) is 3.12. The van der Waals surface area contributed by atoms with Gasteiger partial charge in [-0.15, -0.1) is 0 Å². The highest BCUT2D eigenvalue weighted by Gasteiger charge is 2.30. The van der Waals surface area contributed by atoms with Crippen LogP contribution in [-0.4, -0.2) is 10.5 Å². The first-order valence-electron chi connectivity index (χ1n) is 6.82. The lowest BCUT2D eigenvalue weighted by Crippen LogP contribution is -2.23. The zero-order chi connectivity index (χ0) is 17.2. The molecule has 1 amide bonds. The quantitative estimate of drug-likeness (QED) is 0.943. The second-order valence-corrected chi connectivity index (χ2v) is 5.19. The maximum atomic E-state index is 12.6. The first kappa shape index (κ1) is 16.8. The molecule has 7 heteroatoms. The number of benzene rings is 1. The van der Waals surface area contributed by atoms with E-state index >= 15 is 0 Å². The molecule has 0 aliphatic rings. The van der Waals surface area contributed by atoms with Crippen molar-refractivity contribution in [3.63, 3.8) is 0 Å². The molecule has 0 atom stereocenters. The van der Waals surface area contributed by atoms with Crippen LogP contribution in [0.4, 0.5) is 18.9 Å². The van der Waals surface area contributed by atoms with Gasteiger partial charge in [0.1, 0.15) is 6.54 Å². The molecule has 0 saturated carbocycles. The molecule has 0 aliphatic heterocycles. The molecule has 0 bridgehead atoms. The topological polar surface area (TPSA) is 51.1 Å². The summed E-state index contributed by atoms with van der Waals surface area (Å²) in [6.45, 7) is 3.28. The fourth-order valence-corrected chi connectivity index (χ4v) is 2.25. The van der Waals surface area contributed by atoms with Gasteiger partial charge in [-0.2, -0.15) is 13.2 Å². The lowest BCUT2D eigenvalue weighted by molar-refractivity contribution is -0.137. The van der Waals surface area contributed by atoms with Gasteiger partial charge in [0.25, 0.3) is 0 Å². The molecule has 1 aromatic carbocycles. The van der Waals surface area contributed by atoms with E-state index in [4.69, 9.17) is 0 Å². The van der Waals surface area contributed by atoms with Crippen molar-refractivity contribution in [1.82, 2.24) is 4.57 Å². The van der Waals surface area contributed by atoms with E-state index in [1.165, 1.54) is 24.3 Å². The van der Waals surface area contributed by atoms with Gasteiger partial charge in [-0.1, -0.05) is 6.07 Å². The summed E-state index contributed by atoms with van der Waals surface area (Å²) in [7, 11) is 0. The number of pyridine rings is 1. The van der Waals surface area contributed by atoms with Crippen LogP contribution in [0.15, 0.2) is 41.2 Å². The highest BCUT2D eigenvalue weighted by Crippen LogP contribution is 2.30. The Kier molecular flexibility index (Phi) is 4.58. The van der Waals surface area contributed by atoms with E-state index in [-0.39, 0.29) is 17.7 Å². The van der Waals surface area contributed by atoms with Gasteiger partial charge in [-0.25, -0.2) is 0 Å². The van der Waals surface area contributed by atoms with Gasteiger partial charge in [-0.05, 0) is 32.0 Å². The molecule has 2 aromatic rings. The van der Waals surface area contributed by atoms with E-state index < -0.39 is 17.6 Å². The number of aryl methyl sites for hydroxylation is 2. The molecule has 1 N–H and O–H groups in total. The number of aromatic nitrogens is 1. The van der Waals surface area contributed by atoms with E-state index in [0.717, 1.165) is 12.1 Å².